The molecule has 1 fully saturated rings. The zero-order valence-corrected chi connectivity index (χ0v) is 15.4. The largest absolute Gasteiger partial charge is 0.379 e. The first-order chi connectivity index (χ1) is 10.4. The first-order valence-corrected chi connectivity index (χ1v) is 11.3. The molecule has 0 aromatic carbocycles. The van der Waals surface area contributed by atoms with Crippen LogP contribution in [0.15, 0.2) is 39.4 Å². The molecule has 0 unspecified atom stereocenters. The van der Waals surface area contributed by atoms with Gasteiger partial charge in [-0.1, -0.05) is 47.0 Å². The molecule has 5 heterocycles. The van der Waals surface area contributed by atoms with E-state index in [1.165, 1.54) is 16.9 Å². The molecule has 0 N–H and O–H groups in total. The standard InChI is InChI=1S/C12H8N2OS6/c1-2-14-8-7(13-1)18-11(19-8)12-20-9-10(21-12)17-6-4-15-3-5(6)16-9/h1-2,5-6H,3-4H2/t5-,6+. The van der Waals surface area contributed by atoms with Gasteiger partial charge < -0.3 is 4.74 Å². The van der Waals surface area contributed by atoms with Crippen molar-refractivity contribution < 1.29 is 4.74 Å². The lowest BCUT2D eigenvalue weighted by Crippen LogP contribution is -2.19. The molecule has 4 aliphatic heterocycles. The molecule has 21 heavy (non-hydrogen) atoms. The third kappa shape index (κ3) is 2.49. The van der Waals surface area contributed by atoms with Gasteiger partial charge in [-0.2, -0.15) is 0 Å². The SMILES string of the molecule is c1cnc2c(n1)SC(=C1SC3=C(S1)S[C@@H]1COC[C@@H]1S3)S2. The second kappa shape index (κ2) is 5.61. The van der Waals surface area contributed by atoms with E-state index in [4.69, 9.17) is 4.74 Å². The maximum atomic E-state index is 5.60. The Hall–Kier alpha value is 0.620. The number of fused-ring (bicyclic) bond motifs is 2. The van der Waals surface area contributed by atoms with Crippen LogP contribution >= 0.6 is 70.6 Å². The van der Waals surface area contributed by atoms with E-state index in [0.717, 1.165) is 23.3 Å². The van der Waals surface area contributed by atoms with Crippen LogP contribution in [0.1, 0.15) is 0 Å². The summed E-state index contributed by atoms with van der Waals surface area (Å²) in [4.78, 5) is 8.81. The highest BCUT2D eigenvalue weighted by Gasteiger charge is 2.40. The van der Waals surface area contributed by atoms with Gasteiger partial charge in [-0.25, -0.2) is 9.97 Å². The lowest BCUT2D eigenvalue weighted by Gasteiger charge is -2.22. The van der Waals surface area contributed by atoms with Crippen molar-refractivity contribution in [1.29, 1.82) is 0 Å². The molecule has 0 saturated carbocycles. The Morgan fingerprint density at radius 2 is 1.29 bits per heavy atom. The highest BCUT2D eigenvalue weighted by Crippen LogP contribution is 2.67. The van der Waals surface area contributed by atoms with Gasteiger partial charge in [-0.05, 0) is 0 Å². The average Bonchev–Trinajstić information content (AvgIpc) is 3.20. The maximum Gasteiger partial charge on any atom is 0.134 e. The molecule has 0 radical (unpaired) electrons. The summed E-state index contributed by atoms with van der Waals surface area (Å²) in [5, 5.41) is 3.36. The Labute approximate surface area is 147 Å². The summed E-state index contributed by atoms with van der Waals surface area (Å²) in [6, 6.07) is 0. The van der Waals surface area contributed by atoms with Crippen molar-refractivity contribution in [1.82, 2.24) is 9.97 Å². The number of rotatable bonds is 0. The van der Waals surface area contributed by atoms with E-state index < -0.39 is 0 Å². The van der Waals surface area contributed by atoms with E-state index in [-0.39, 0.29) is 0 Å². The molecule has 108 valence electrons. The molecule has 3 nitrogen and oxygen atoms in total. The topological polar surface area (TPSA) is 35.0 Å². The minimum Gasteiger partial charge on any atom is -0.379 e. The molecular weight excluding hydrogens is 381 g/mol. The second-order valence-electron chi connectivity index (χ2n) is 4.57. The Balaban J connectivity index is 1.40. The fourth-order valence-corrected chi connectivity index (χ4v) is 11.4. The molecule has 9 heteroatoms. The van der Waals surface area contributed by atoms with Crippen molar-refractivity contribution in [2.45, 2.75) is 20.6 Å². The number of aromatic nitrogens is 2. The Kier molecular flexibility index (Phi) is 3.74. The van der Waals surface area contributed by atoms with Gasteiger partial charge in [0, 0.05) is 22.9 Å². The smallest absolute Gasteiger partial charge is 0.134 e. The fourth-order valence-electron chi connectivity index (χ4n) is 2.24. The zero-order valence-electron chi connectivity index (χ0n) is 10.5. The van der Waals surface area contributed by atoms with Crippen LogP contribution in [-0.2, 0) is 4.74 Å². The van der Waals surface area contributed by atoms with Crippen molar-refractivity contribution in [3.8, 4) is 0 Å². The molecule has 5 rings (SSSR count). The summed E-state index contributed by atoms with van der Waals surface area (Å²) >= 11 is 11.4. The van der Waals surface area contributed by atoms with Crippen LogP contribution in [-0.4, -0.2) is 33.7 Å². The fraction of sp³-hybridized carbons (Fsp3) is 0.333. The molecule has 0 spiro atoms. The molecular formula is C12H8N2OS6. The van der Waals surface area contributed by atoms with Crippen LogP contribution in [0.2, 0.25) is 0 Å². The molecule has 2 atom stereocenters. The van der Waals surface area contributed by atoms with Crippen molar-refractivity contribution in [2.24, 2.45) is 0 Å². The molecule has 1 aromatic rings. The second-order valence-corrected chi connectivity index (χ2v) is 12.1. The molecule has 1 aromatic heterocycles. The minimum absolute atomic E-state index is 0.635. The summed E-state index contributed by atoms with van der Waals surface area (Å²) < 4.78 is 11.3. The van der Waals surface area contributed by atoms with Gasteiger partial charge in [-0.3, -0.25) is 0 Å². The van der Waals surface area contributed by atoms with E-state index >= 15 is 0 Å². The van der Waals surface area contributed by atoms with E-state index in [0.29, 0.717) is 10.5 Å². The van der Waals surface area contributed by atoms with Crippen LogP contribution in [0, 0.1) is 0 Å². The van der Waals surface area contributed by atoms with Crippen molar-refractivity contribution in [2.75, 3.05) is 13.2 Å². The number of hydrogen-bond donors (Lipinski definition) is 0. The summed E-state index contributed by atoms with van der Waals surface area (Å²) in [7, 11) is 0. The van der Waals surface area contributed by atoms with Crippen molar-refractivity contribution in [3.63, 3.8) is 0 Å². The quantitative estimate of drug-likeness (QED) is 0.630. The van der Waals surface area contributed by atoms with Crippen LogP contribution in [0.3, 0.4) is 0 Å². The van der Waals surface area contributed by atoms with Gasteiger partial charge in [0.2, 0.25) is 0 Å². The summed E-state index contributed by atoms with van der Waals surface area (Å²) in [6.07, 6.45) is 3.54. The van der Waals surface area contributed by atoms with Crippen LogP contribution in [0.5, 0.6) is 0 Å². The van der Waals surface area contributed by atoms with Gasteiger partial charge in [0.15, 0.2) is 0 Å². The van der Waals surface area contributed by atoms with Gasteiger partial charge >= 0.3 is 0 Å². The van der Waals surface area contributed by atoms with E-state index in [9.17, 15) is 0 Å². The Morgan fingerprint density at radius 3 is 1.86 bits per heavy atom. The van der Waals surface area contributed by atoms with Crippen molar-refractivity contribution >= 4 is 70.6 Å². The highest BCUT2D eigenvalue weighted by atomic mass is 32.3. The summed E-state index contributed by atoms with van der Waals surface area (Å²) in [5.74, 6) is 0. The van der Waals surface area contributed by atoms with Gasteiger partial charge in [0.1, 0.15) is 10.1 Å². The maximum absolute atomic E-state index is 5.60. The highest BCUT2D eigenvalue weighted by molar-refractivity contribution is 8.42. The van der Waals surface area contributed by atoms with Crippen LogP contribution < -0.4 is 0 Å². The van der Waals surface area contributed by atoms with Gasteiger partial charge in [0.05, 0.1) is 30.2 Å². The molecule has 0 amide bonds. The normalized spacial score (nSPS) is 30.7. The molecule has 0 bridgehead atoms. The first kappa shape index (κ1) is 14.0. The number of hydrogen-bond acceptors (Lipinski definition) is 9. The third-order valence-electron chi connectivity index (χ3n) is 3.21. The lowest BCUT2D eigenvalue weighted by molar-refractivity contribution is 0.200. The van der Waals surface area contributed by atoms with Crippen molar-refractivity contribution in [3.05, 3.63) is 29.3 Å². The number of thioether (sulfide) groups is 6. The number of ether oxygens (including phenoxy) is 1. The van der Waals surface area contributed by atoms with Gasteiger partial charge in [0.25, 0.3) is 0 Å². The monoisotopic (exact) mass is 388 g/mol. The predicted molar refractivity (Wildman–Crippen MR) is 96.6 cm³/mol. The Bertz CT molecular complexity index is 637. The van der Waals surface area contributed by atoms with E-state index in [2.05, 4.69) is 9.97 Å². The van der Waals surface area contributed by atoms with Crippen LogP contribution in [0.4, 0.5) is 0 Å². The zero-order chi connectivity index (χ0) is 13.8. The lowest BCUT2D eigenvalue weighted by atomic mass is 10.4. The minimum atomic E-state index is 0.635. The number of nitrogens with zero attached hydrogens (tertiary/aromatic N) is 2. The third-order valence-corrected chi connectivity index (χ3v) is 12.3. The average molecular weight is 389 g/mol. The Morgan fingerprint density at radius 1 is 0.762 bits per heavy atom. The summed E-state index contributed by atoms with van der Waals surface area (Å²) in [5.41, 5.74) is 0. The molecule has 4 aliphatic rings. The molecule has 0 aliphatic carbocycles. The first-order valence-electron chi connectivity index (χ1n) is 6.29. The predicted octanol–water partition coefficient (Wildman–Crippen LogP) is 4.66. The van der Waals surface area contributed by atoms with Gasteiger partial charge in [-0.15, -0.1) is 23.5 Å². The molecule has 1 saturated heterocycles. The summed E-state index contributed by atoms with van der Waals surface area (Å²) in [6.45, 7) is 1.80. The van der Waals surface area contributed by atoms with Crippen LogP contribution in [0.25, 0.3) is 0 Å². The van der Waals surface area contributed by atoms with E-state index in [1.54, 1.807) is 35.9 Å². The van der Waals surface area contributed by atoms with E-state index in [1.807, 2.05) is 47.0 Å².